The molecule has 2 heterocycles. The normalized spacial score (nSPS) is 10.2. The number of hydrogen-bond acceptors (Lipinski definition) is 7. The highest BCUT2D eigenvalue weighted by Gasteiger charge is 2.13. The largest absolute Gasteiger partial charge is 0.497 e. The monoisotopic (exact) mass is 407 g/mol. The molecule has 0 saturated heterocycles. The van der Waals surface area contributed by atoms with Crippen LogP contribution in [0.2, 0.25) is 0 Å². The molecule has 1 amide bonds. The first-order chi connectivity index (χ1) is 14.5. The highest BCUT2D eigenvalue weighted by atomic mass is 16.5. The predicted molar refractivity (Wildman–Crippen MR) is 113 cm³/mol. The molecular weight excluding hydrogens is 386 g/mol. The lowest BCUT2D eigenvalue weighted by atomic mass is 10.2. The average molecular weight is 407 g/mol. The molecule has 3 N–H and O–H groups in total. The van der Waals surface area contributed by atoms with E-state index in [1.165, 1.54) is 19.3 Å². The molecule has 154 valence electrons. The van der Waals surface area contributed by atoms with Crippen molar-refractivity contribution in [3.8, 4) is 11.6 Å². The summed E-state index contributed by atoms with van der Waals surface area (Å²) in [5.74, 6) is 0.688. The molecule has 0 aliphatic heterocycles. The van der Waals surface area contributed by atoms with E-state index < -0.39 is 5.43 Å². The third kappa shape index (κ3) is 4.64. The highest BCUT2D eigenvalue weighted by molar-refractivity contribution is 5.92. The summed E-state index contributed by atoms with van der Waals surface area (Å²) in [6.07, 6.45) is 2.92. The highest BCUT2D eigenvalue weighted by Crippen LogP contribution is 2.21. The van der Waals surface area contributed by atoms with Crippen molar-refractivity contribution in [2.24, 2.45) is 0 Å². The molecule has 0 bridgehead atoms. The van der Waals surface area contributed by atoms with Gasteiger partial charge in [-0.05, 0) is 42.0 Å². The van der Waals surface area contributed by atoms with Gasteiger partial charge in [0.1, 0.15) is 23.9 Å². The van der Waals surface area contributed by atoms with Crippen LogP contribution in [-0.2, 0) is 6.61 Å². The van der Waals surface area contributed by atoms with Crippen LogP contribution in [0.15, 0.2) is 54.0 Å². The second kappa shape index (κ2) is 9.37. The van der Waals surface area contributed by atoms with Crippen molar-refractivity contribution in [2.45, 2.75) is 6.61 Å². The lowest BCUT2D eigenvalue weighted by Gasteiger charge is -2.11. The van der Waals surface area contributed by atoms with Crippen LogP contribution in [-0.4, -0.2) is 35.2 Å². The standard InChI is InChI=1S/C21H21N5O4/c1-4-16-18(27)21(30-12-13-9-10-23-17(11-13)20(28)22-2)26-25-19(16)24-14-5-7-15(29-3)8-6-14/h4-11H,1,12H2,2-3H3,(H,22,28)(H2,24,25,27). The van der Waals surface area contributed by atoms with E-state index in [-0.39, 0.29) is 29.7 Å². The zero-order chi connectivity index (χ0) is 21.5. The second-order valence-corrected chi connectivity index (χ2v) is 6.12. The third-order valence-electron chi connectivity index (χ3n) is 4.20. The fourth-order valence-electron chi connectivity index (χ4n) is 2.62. The zero-order valence-corrected chi connectivity index (χ0v) is 16.6. The number of H-pyrrole nitrogens is 1. The molecular formula is C21H21N5O4. The molecule has 9 heteroatoms. The summed E-state index contributed by atoms with van der Waals surface area (Å²) < 4.78 is 10.7. The molecule has 0 aliphatic carbocycles. The van der Waals surface area contributed by atoms with Gasteiger partial charge in [0, 0.05) is 18.9 Å². The zero-order valence-electron chi connectivity index (χ0n) is 16.6. The van der Waals surface area contributed by atoms with Crippen LogP contribution in [0.3, 0.4) is 0 Å². The molecule has 0 atom stereocenters. The van der Waals surface area contributed by atoms with Gasteiger partial charge in [0.05, 0.1) is 12.7 Å². The Morgan fingerprint density at radius 2 is 2.03 bits per heavy atom. The minimum atomic E-state index is -0.416. The van der Waals surface area contributed by atoms with Crippen LogP contribution in [0.25, 0.3) is 6.08 Å². The topological polar surface area (TPSA) is 118 Å². The van der Waals surface area contributed by atoms with Crippen LogP contribution in [0, 0.1) is 0 Å². The fourth-order valence-corrected chi connectivity index (χ4v) is 2.62. The molecule has 3 rings (SSSR count). The number of ether oxygens (including phenoxy) is 2. The summed E-state index contributed by atoms with van der Waals surface area (Å²) in [5.41, 5.74) is 1.54. The fraction of sp³-hybridized carbons (Fsp3) is 0.143. The van der Waals surface area contributed by atoms with Gasteiger partial charge in [-0.1, -0.05) is 12.7 Å². The Morgan fingerprint density at radius 3 is 2.70 bits per heavy atom. The van der Waals surface area contributed by atoms with E-state index in [9.17, 15) is 9.59 Å². The summed E-state index contributed by atoms with van der Waals surface area (Å²) in [6, 6.07) is 10.5. The van der Waals surface area contributed by atoms with Gasteiger partial charge in [0.15, 0.2) is 0 Å². The quantitative estimate of drug-likeness (QED) is 0.525. The first-order valence-corrected chi connectivity index (χ1v) is 9.01. The lowest BCUT2D eigenvalue weighted by molar-refractivity contribution is 0.0958. The maximum Gasteiger partial charge on any atom is 0.280 e. The number of benzene rings is 1. The minimum Gasteiger partial charge on any atom is -0.497 e. The van der Waals surface area contributed by atoms with Crippen LogP contribution >= 0.6 is 0 Å². The maximum atomic E-state index is 12.7. The number of carbonyl (C=O) groups is 1. The molecule has 0 fully saturated rings. The SMILES string of the molecule is C=Cc1c(Nc2ccc(OC)cc2)[nH]nc(OCc2ccnc(C(=O)NC)c2)c1=O. The predicted octanol–water partition coefficient (Wildman–Crippen LogP) is 2.50. The molecule has 0 aliphatic rings. The van der Waals surface area contributed by atoms with Gasteiger partial charge in [0.2, 0.25) is 0 Å². The summed E-state index contributed by atoms with van der Waals surface area (Å²) in [5, 5.41) is 12.4. The number of rotatable bonds is 8. The van der Waals surface area contributed by atoms with E-state index in [1.54, 1.807) is 31.4 Å². The van der Waals surface area contributed by atoms with Crippen molar-refractivity contribution in [1.82, 2.24) is 20.5 Å². The number of anilines is 2. The van der Waals surface area contributed by atoms with E-state index in [1.807, 2.05) is 12.1 Å². The molecule has 3 aromatic rings. The first kappa shape index (κ1) is 20.6. The number of aromatic nitrogens is 3. The van der Waals surface area contributed by atoms with E-state index in [0.717, 1.165) is 11.4 Å². The van der Waals surface area contributed by atoms with Gasteiger partial charge in [-0.3, -0.25) is 19.7 Å². The number of nitrogens with zero attached hydrogens (tertiary/aromatic N) is 2. The smallest absolute Gasteiger partial charge is 0.280 e. The Hall–Kier alpha value is -4.14. The summed E-state index contributed by atoms with van der Waals surface area (Å²) in [4.78, 5) is 28.4. The second-order valence-electron chi connectivity index (χ2n) is 6.12. The van der Waals surface area contributed by atoms with Crippen molar-refractivity contribution >= 4 is 23.5 Å². The van der Waals surface area contributed by atoms with Crippen molar-refractivity contribution in [3.05, 3.63) is 76.2 Å². The number of amides is 1. The Bertz CT molecular complexity index is 1110. The number of aromatic amines is 1. The Labute approximate surface area is 172 Å². The van der Waals surface area contributed by atoms with Gasteiger partial charge < -0.3 is 20.1 Å². The van der Waals surface area contributed by atoms with Crippen LogP contribution < -0.4 is 25.5 Å². The van der Waals surface area contributed by atoms with Gasteiger partial charge >= 0.3 is 0 Å². The van der Waals surface area contributed by atoms with E-state index in [4.69, 9.17) is 9.47 Å². The average Bonchev–Trinajstić information content (AvgIpc) is 2.79. The molecule has 0 spiro atoms. The molecule has 1 aromatic carbocycles. The first-order valence-electron chi connectivity index (χ1n) is 9.01. The Balaban J connectivity index is 1.78. The molecule has 30 heavy (non-hydrogen) atoms. The van der Waals surface area contributed by atoms with Gasteiger partial charge in [0.25, 0.3) is 17.2 Å². The minimum absolute atomic E-state index is 0.0461. The Morgan fingerprint density at radius 1 is 1.27 bits per heavy atom. The van der Waals surface area contributed by atoms with Crippen molar-refractivity contribution < 1.29 is 14.3 Å². The van der Waals surface area contributed by atoms with E-state index >= 15 is 0 Å². The molecule has 9 nitrogen and oxygen atoms in total. The molecule has 0 saturated carbocycles. The van der Waals surface area contributed by atoms with Gasteiger partial charge in [-0.15, -0.1) is 5.10 Å². The number of carbonyl (C=O) groups excluding carboxylic acids is 1. The van der Waals surface area contributed by atoms with Crippen LogP contribution in [0.4, 0.5) is 11.5 Å². The molecule has 2 aromatic heterocycles. The lowest BCUT2D eigenvalue weighted by Crippen LogP contribution is -2.19. The summed E-state index contributed by atoms with van der Waals surface area (Å²) >= 11 is 0. The summed E-state index contributed by atoms with van der Waals surface area (Å²) in [7, 11) is 3.11. The molecule has 0 radical (unpaired) electrons. The number of methoxy groups -OCH3 is 1. The van der Waals surface area contributed by atoms with Crippen molar-refractivity contribution in [2.75, 3.05) is 19.5 Å². The van der Waals surface area contributed by atoms with Crippen molar-refractivity contribution in [3.63, 3.8) is 0 Å². The van der Waals surface area contributed by atoms with Crippen LogP contribution in [0.1, 0.15) is 21.6 Å². The van der Waals surface area contributed by atoms with E-state index in [0.29, 0.717) is 11.4 Å². The van der Waals surface area contributed by atoms with Gasteiger partial charge in [-0.2, -0.15) is 0 Å². The Kier molecular flexibility index (Phi) is 6.43. The van der Waals surface area contributed by atoms with Crippen molar-refractivity contribution in [1.29, 1.82) is 0 Å². The summed E-state index contributed by atoms with van der Waals surface area (Å²) in [6.45, 7) is 3.75. The van der Waals surface area contributed by atoms with Crippen LogP contribution in [0.5, 0.6) is 11.6 Å². The number of nitrogens with one attached hydrogen (secondary N) is 3. The number of pyridine rings is 1. The van der Waals surface area contributed by atoms with E-state index in [2.05, 4.69) is 32.4 Å². The maximum absolute atomic E-state index is 12.7. The molecule has 0 unspecified atom stereocenters. The van der Waals surface area contributed by atoms with Gasteiger partial charge in [-0.25, -0.2) is 0 Å². The third-order valence-corrected chi connectivity index (χ3v) is 4.20. The number of hydrogen-bond donors (Lipinski definition) is 3.